The molecule has 6 heteroatoms. The fourth-order valence-electron chi connectivity index (χ4n) is 2.16. The third-order valence-corrected chi connectivity index (χ3v) is 3.61. The number of aromatic nitrogens is 2. The molecule has 22 heavy (non-hydrogen) atoms. The van der Waals surface area contributed by atoms with Crippen molar-refractivity contribution in [3.63, 3.8) is 0 Å². The van der Waals surface area contributed by atoms with Crippen LogP contribution in [-0.2, 0) is 17.8 Å². The second kappa shape index (κ2) is 6.15. The van der Waals surface area contributed by atoms with Gasteiger partial charge in [0, 0.05) is 24.0 Å². The summed E-state index contributed by atoms with van der Waals surface area (Å²) in [5, 5.41) is 3.41. The highest BCUT2D eigenvalue weighted by atomic mass is 35.5. The summed E-state index contributed by atoms with van der Waals surface area (Å²) in [4.78, 5) is 16.2. The SMILES string of the molecule is O=C(Cc1cn2cc(F)ccc2n1)NCc1ccccc1Cl. The zero-order chi connectivity index (χ0) is 15.5. The van der Waals surface area contributed by atoms with Crippen molar-refractivity contribution in [2.24, 2.45) is 0 Å². The van der Waals surface area contributed by atoms with E-state index in [4.69, 9.17) is 11.6 Å². The Kier molecular flexibility index (Phi) is 4.06. The molecule has 1 N–H and O–H groups in total. The average Bonchev–Trinajstić information content (AvgIpc) is 2.87. The number of amides is 1. The highest BCUT2D eigenvalue weighted by Gasteiger charge is 2.08. The Morgan fingerprint density at radius 1 is 1.23 bits per heavy atom. The molecular formula is C16H13ClFN3O. The number of rotatable bonds is 4. The van der Waals surface area contributed by atoms with Gasteiger partial charge in [-0.15, -0.1) is 0 Å². The van der Waals surface area contributed by atoms with Gasteiger partial charge < -0.3 is 9.72 Å². The number of pyridine rings is 1. The first kappa shape index (κ1) is 14.5. The summed E-state index contributed by atoms with van der Waals surface area (Å²) in [7, 11) is 0. The van der Waals surface area contributed by atoms with E-state index in [2.05, 4.69) is 10.3 Å². The number of hydrogen-bond acceptors (Lipinski definition) is 2. The number of benzene rings is 1. The van der Waals surface area contributed by atoms with Crippen molar-refractivity contribution >= 4 is 23.2 Å². The van der Waals surface area contributed by atoms with E-state index in [-0.39, 0.29) is 18.1 Å². The number of halogens is 2. The standard InChI is InChI=1S/C16H13ClFN3O/c17-14-4-2-1-3-11(14)8-19-16(22)7-13-10-21-9-12(18)5-6-15(21)20-13/h1-6,9-10H,7-8H2,(H,19,22). The summed E-state index contributed by atoms with van der Waals surface area (Å²) in [6.45, 7) is 0.362. The van der Waals surface area contributed by atoms with Crippen molar-refractivity contribution in [3.8, 4) is 0 Å². The lowest BCUT2D eigenvalue weighted by molar-refractivity contribution is -0.120. The van der Waals surface area contributed by atoms with Crippen molar-refractivity contribution in [2.75, 3.05) is 0 Å². The molecule has 0 fully saturated rings. The molecule has 0 aliphatic heterocycles. The topological polar surface area (TPSA) is 46.4 Å². The molecule has 0 aliphatic carbocycles. The molecule has 3 rings (SSSR count). The van der Waals surface area contributed by atoms with Gasteiger partial charge in [-0.1, -0.05) is 29.8 Å². The van der Waals surface area contributed by atoms with E-state index in [0.717, 1.165) is 5.56 Å². The van der Waals surface area contributed by atoms with Gasteiger partial charge in [-0.3, -0.25) is 4.79 Å². The second-order valence-electron chi connectivity index (χ2n) is 4.89. The van der Waals surface area contributed by atoms with Crippen LogP contribution in [0.2, 0.25) is 5.02 Å². The predicted molar refractivity (Wildman–Crippen MR) is 82.2 cm³/mol. The van der Waals surface area contributed by atoms with Crippen molar-refractivity contribution in [3.05, 3.63) is 70.9 Å². The summed E-state index contributed by atoms with van der Waals surface area (Å²) in [6.07, 6.45) is 3.11. The van der Waals surface area contributed by atoms with Crippen molar-refractivity contribution in [2.45, 2.75) is 13.0 Å². The Morgan fingerprint density at radius 3 is 2.86 bits per heavy atom. The zero-order valence-electron chi connectivity index (χ0n) is 11.6. The number of nitrogens with zero attached hydrogens (tertiary/aromatic N) is 2. The Balaban J connectivity index is 1.64. The fourth-order valence-corrected chi connectivity index (χ4v) is 2.37. The molecule has 1 aromatic carbocycles. The van der Waals surface area contributed by atoms with Crippen LogP contribution in [0, 0.1) is 5.82 Å². The fraction of sp³-hybridized carbons (Fsp3) is 0.125. The molecule has 0 atom stereocenters. The summed E-state index contributed by atoms with van der Waals surface area (Å²) in [5.41, 5.74) is 2.05. The van der Waals surface area contributed by atoms with Crippen molar-refractivity contribution in [1.82, 2.24) is 14.7 Å². The van der Waals surface area contributed by atoms with E-state index in [1.165, 1.54) is 12.3 Å². The molecule has 0 unspecified atom stereocenters. The molecule has 4 nitrogen and oxygen atoms in total. The minimum Gasteiger partial charge on any atom is -0.352 e. The van der Waals surface area contributed by atoms with Gasteiger partial charge in [0.15, 0.2) is 0 Å². The van der Waals surface area contributed by atoms with Crippen LogP contribution in [-0.4, -0.2) is 15.3 Å². The normalized spacial score (nSPS) is 10.8. The van der Waals surface area contributed by atoms with Gasteiger partial charge in [-0.25, -0.2) is 9.37 Å². The highest BCUT2D eigenvalue weighted by molar-refractivity contribution is 6.31. The molecule has 2 heterocycles. The minimum absolute atomic E-state index is 0.133. The maximum atomic E-state index is 13.1. The maximum Gasteiger partial charge on any atom is 0.226 e. The van der Waals surface area contributed by atoms with Crippen LogP contribution in [0.1, 0.15) is 11.3 Å². The Morgan fingerprint density at radius 2 is 2.05 bits per heavy atom. The van der Waals surface area contributed by atoms with Gasteiger partial charge in [0.25, 0.3) is 0 Å². The first-order valence-electron chi connectivity index (χ1n) is 6.75. The maximum absolute atomic E-state index is 13.1. The molecule has 0 spiro atoms. The first-order valence-corrected chi connectivity index (χ1v) is 7.13. The third-order valence-electron chi connectivity index (χ3n) is 3.24. The molecule has 0 saturated carbocycles. The molecule has 112 valence electrons. The van der Waals surface area contributed by atoms with E-state index in [1.807, 2.05) is 18.2 Å². The number of imidazole rings is 1. The summed E-state index contributed by atoms with van der Waals surface area (Å²) < 4.78 is 14.7. The van der Waals surface area contributed by atoms with Crippen LogP contribution in [0.5, 0.6) is 0 Å². The Labute approximate surface area is 131 Å². The van der Waals surface area contributed by atoms with Crippen LogP contribution in [0.25, 0.3) is 5.65 Å². The van der Waals surface area contributed by atoms with Crippen LogP contribution in [0.15, 0.2) is 48.8 Å². The summed E-state index contributed by atoms with van der Waals surface area (Å²) in [6, 6.07) is 10.2. The van der Waals surface area contributed by atoms with Crippen LogP contribution in [0.3, 0.4) is 0 Å². The second-order valence-corrected chi connectivity index (χ2v) is 5.30. The lowest BCUT2D eigenvalue weighted by Gasteiger charge is -2.05. The van der Waals surface area contributed by atoms with Gasteiger partial charge >= 0.3 is 0 Å². The van der Waals surface area contributed by atoms with Gasteiger partial charge in [0.05, 0.1) is 12.1 Å². The predicted octanol–water partition coefficient (Wildman–Crippen LogP) is 2.99. The first-order chi connectivity index (χ1) is 10.6. The molecule has 3 aromatic rings. The molecule has 0 saturated heterocycles. The quantitative estimate of drug-likeness (QED) is 0.804. The van der Waals surface area contributed by atoms with Gasteiger partial charge in [-0.2, -0.15) is 0 Å². The van der Waals surface area contributed by atoms with E-state index in [9.17, 15) is 9.18 Å². The number of nitrogens with one attached hydrogen (secondary N) is 1. The minimum atomic E-state index is -0.348. The largest absolute Gasteiger partial charge is 0.352 e. The molecule has 0 radical (unpaired) electrons. The smallest absolute Gasteiger partial charge is 0.226 e. The van der Waals surface area contributed by atoms with Gasteiger partial charge in [-0.05, 0) is 23.8 Å². The summed E-state index contributed by atoms with van der Waals surface area (Å²) in [5.74, 6) is -0.511. The number of hydrogen-bond donors (Lipinski definition) is 1. The lowest BCUT2D eigenvalue weighted by Crippen LogP contribution is -2.24. The molecule has 0 aliphatic rings. The van der Waals surface area contributed by atoms with E-state index >= 15 is 0 Å². The monoisotopic (exact) mass is 317 g/mol. The lowest BCUT2D eigenvalue weighted by atomic mass is 10.2. The molecule has 0 bridgehead atoms. The number of carbonyl (C=O) groups excluding carboxylic acids is 1. The third kappa shape index (κ3) is 3.26. The van der Waals surface area contributed by atoms with Crippen LogP contribution >= 0.6 is 11.6 Å². The number of carbonyl (C=O) groups is 1. The summed E-state index contributed by atoms with van der Waals surface area (Å²) >= 11 is 6.03. The molecular weight excluding hydrogens is 305 g/mol. The highest BCUT2D eigenvalue weighted by Crippen LogP contribution is 2.14. The van der Waals surface area contributed by atoms with Gasteiger partial charge in [0.2, 0.25) is 5.91 Å². The van der Waals surface area contributed by atoms with E-state index in [0.29, 0.717) is 22.9 Å². The van der Waals surface area contributed by atoms with E-state index in [1.54, 1.807) is 22.7 Å². The van der Waals surface area contributed by atoms with Crippen LogP contribution in [0.4, 0.5) is 4.39 Å². The van der Waals surface area contributed by atoms with E-state index < -0.39 is 0 Å². The average molecular weight is 318 g/mol. The molecule has 1 amide bonds. The Bertz CT molecular complexity index is 831. The Hall–Kier alpha value is -2.40. The molecule has 2 aromatic heterocycles. The van der Waals surface area contributed by atoms with Crippen molar-refractivity contribution in [1.29, 1.82) is 0 Å². The van der Waals surface area contributed by atoms with Gasteiger partial charge in [0.1, 0.15) is 11.5 Å². The number of fused-ring (bicyclic) bond motifs is 1. The van der Waals surface area contributed by atoms with Crippen LogP contribution < -0.4 is 5.32 Å². The van der Waals surface area contributed by atoms with Crippen molar-refractivity contribution < 1.29 is 9.18 Å². The zero-order valence-corrected chi connectivity index (χ0v) is 12.3.